The topological polar surface area (TPSA) is 92.3 Å². The van der Waals surface area contributed by atoms with Crippen LogP contribution in [0.3, 0.4) is 0 Å². The van der Waals surface area contributed by atoms with Crippen molar-refractivity contribution < 1.29 is 27.6 Å². The average Bonchev–Trinajstić information content (AvgIpc) is 2.65. The van der Waals surface area contributed by atoms with Gasteiger partial charge in [-0.3, -0.25) is 14.9 Å². The number of carbonyl (C=O) groups is 3. The van der Waals surface area contributed by atoms with Crippen molar-refractivity contribution in [2.45, 2.75) is 11.3 Å². The van der Waals surface area contributed by atoms with Crippen LogP contribution in [0.4, 0.5) is 23.7 Å². The van der Waals surface area contributed by atoms with Crippen molar-refractivity contribution >= 4 is 41.4 Å². The molecule has 0 radical (unpaired) electrons. The number of carbonyl (C=O) groups excluding carboxylic acids is 3. The summed E-state index contributed by atoms with van der Waals surface area (Å²) in [6.45, 7) is 0. The van der Waals surface area contributed by atoms with E-state index in [-0.39, 0.29) is 5.69 Å². The maximum Gasteiger partial charge on any atom is 0.416 e. The molecule has 1 aromatic heterocycles. The second-order valence-corrected chi connectivity index (χ2v) is 6.28. The van der Waals surface area contributed by atoms with E-state index in [9.17, 15) is 27.6 Å². The number of thioether (sulfide) groups is 1. The van der Waals surface area contributed by atoms with E-state index in [4.69, 9.17) is 0 Å². The van der Waals surface area contributed by atoms with E-state index < -0.39 is 35.2 Å². The molecule has 1 saturated heterocycles. The van der Waals surface area contributed by atoms with Gasteiger partial charge in [-0.15, -0.1) is 0 Å². The molecule has 1 aromatic carbocycles. The monoisotopic (exact) mass is 408 g/mol. The molecule has 0 unspecified atom stereocenters. The standard InChI is InChI=1S/C17H11F3N4O3S/c1-28-15-21-7-9(8-22-15)5-12-13(25)23-16(27)24(14(12)26)11-4-2-3-10(6-11)17(18,19)20/h2-8H,1H3,(H,23,25,27). The first-order valence-corrected chi connectivity index (χ1v) is 8.88. The summed E-state index contributed by atoms with van der Waals surface area (Å²) in [5.41, 5.74) is -1.47. The van der Waals surface area contributed by atoms with Crippen molar-refractivity contribution in [2.24, 2.45) is 0 Å². The summed E-state index contributed by atoms with van der Waals surface area (Å²) in [4.78, 5) is 45.3. The Balaban J connectivity index is 1.99. The maximum absolute atomic E-state index is 12.9. The molecule has 1 aliphatic heterocycles. The number of benzene rings is 1. The van der Waals surface area contributed by atoms with Gasteiger partial charge in [0, 0.05) is 18.0 Å². The van der Waals surface area contributed by atoms with Gasteiger partial charge in [0.15, 0.2) is 5.16 Å². The fourth-order valence-electron chi connectivity index (χ4n) is 2.39. The molecule has 1 aliphatic rings. The second kappa shape index (κ2) is 7.43. The zero-order valence-corrected chi connectivity index (χ0v) is 15.0. The molecule has 2 aromatic rings. The van der Waals surface area contributed by atoms with Crippen LogP contribution in [0.15, 0.2) is 47.4 Å². The summed E-state index contributed by atoms with van der Waals surface area (Å²) in [6, 6.07) is 2.55. The van der Waals surface area contributed by atoms with Crippen LogP contribution in [-0.4, -0.2) is 34.1 Å². The van der Waals surface area contributed by atoms with Crippen LogP contribution in [0.25, 0.3) is 6.08 Å². The zero-order chi connectivity index (χ0) is 20.5. The number of rotatable bonds is 3. The Bertz CT molecular complexity index is 990. The van der Waals surface area contributed by atoms with E-state index in [1.54, 1.807) is 6.26 Å². The quantitative estimate of drug-likeness (QED) is 0.363. The van der Waals surface area contributed by atoms with E-state index in [1.165, 1.54) is 24.2 Å². The van der Waals surface area contributed by atoms with E-state index in [2.05, 4.69) is 9.97 Å². The lowest BCUT2D eigenvalue weighted by atomic mass is 10.1. The first-order chi connectivity index (χ1) is 13.2. The van der Waals surface area contributed by atoms with Gasteiger partial charge in [-0.25, -0.2) is 19.7 Å². The molecule has 1 fully saturated rings. The van der Waals surface area contributed by atoms with Gasteiger partial charge in [-0.1, -0.05) is 17.8 Å². The van der Waals surface area contributed by atoms with Gasteiger partial charge in [0.05, 0.1) is 11.3 Å². The minimum absolute atomic E-state index is 0.314. The molecule has 1 N–H and O–H groups in total. The lowest BCUT2D eigenvalue weighted by Crippen LogP contribution is -2.54. The largest absolute Gasteiger partial charge is 0.416 e. The minimum Gasteiger partial charge on any atom is -0.273 e. The van der Waals surface area contributed by atoms with Gasteiger partial charge in [0.2, 0.25) is 0 Å². The van der Waals surface area contributed by atoms with Gasteiger partial charge in [0.1, 0.15) is 5.57 Å². The molecular formula is C17H11F3N4O3S. The predicted molar refractivity (Wildman–Crippen MR) is 94.3 cm³/mol. The number of imide groups is 2. The highest BCUT2D eigenvalue weighted by molar-refractivity contribution is 7.98. The van der Waals surface area contributed by atoms with Crippen molar-refractivity contribution in [1.82, 2.24) is 15.3 Å². The Hall–Kier alpha value is -3.21. The Labute approximate surface area is 160 Å². The fraction of sp³-hybridized carbons (Fsp3) is 0.118. The van der Waals surface area contributed by atoms with Crippen LogP contribution >= 0.6 is 11.8 Å². The Kier molecular flexibility index (Phi) is 5.18. The smallest absolute Gasteiger partial charge is 0.273 e. The number of anilines is 1. The number of halogens is 3. The Morgan fingerprint density at radius 1 is 1.14 bits per heavy atom. The summed E-state index contributed by atoms with van der Waals surface area (Å²) in [6.07, 6.45) is 1.02. The van der Waals surface area contributed by atoms with Crippen LogP contribution in [0.1, 0.15) is 11.1 Å². The summed E-state index contributed by atoms with van der Waals surface area (Å²) in [7, 11) is 0. The van der Waals surface area contributed by atoms with Gasteiger partial charge >= 0.3 is 12.2 Å². The fourth-order valence-corrected chi connectivity index (χ4v) is 2.70. The molecule has 0 saturated carbocycles. The molecule has 28 heavy (non-hydrogen) atoms. The number of amides is 4. The number of alkyl halides is 3. The SMILES string of the molecule is CSc1ncc(C=C2C(=O)NC(=O)N(c3cccc(C(F)(F)F)c3)C2=O)cn1. The summed E-state index contributed by atoms with van der Waals surface area (Å²) in [5.74, 6) is -2.02. The number of aromatic nitrogens is 2. The minimum atomic E-state index is -4.66. The third-order valence-electron chi connectivity index (χ3n) is 3.68. The number of barbiturate groups is 1. The third kappa shape index (κ3) is 3.88. The van der Waals surface area contributed by atoms with Crippen molar-refractivity contribution in [1.29, 1.82) is 0 Å². The molecule has 0 atom stereocenters. The summed E-state index contributed by atoms with van der Waals surface area (Å²) >= 11 is 1.29. The maximum atomic E-state index is 12.9. The second-order valence-electron chi connectivity index (χ2n) is 5.51. The molecule has 0 spiro atoms. The number of nitrogens with one attached hydrogen (secondary N) is 1. The summed E-state index contributed by atoms with van der Waals surface area (Å²) < 4.78 is 38.8. The highest BCUT2D eigenvalue weighted by atomic mass is 32.2. The molecule has 0 bridgehead atoms. The molecule has 4 amide bonds. The van der Waals surface area contributed by atoms with E-state index in [0.29, 0.717) is 21.7 Å². The normalized spacial score (nSPS) is 16.5. The Morgan fingerprint density at radius 3 is 2.43 bits per heavy atom. The van der Waals surface area contributed by atoms with Crippen LogP contribution in [0, 0.1) is 0 Å². The molecular weight excluding hydrogens is 397 g/mol. The first-order valence-electron chi connectivity index (χ1n) is 7.65. The number of hydrogen-bond donors (Lipinski definition) is 1. The molecule has 7 nitrogen and oxygen atoms in total. The first kappa shape index (κ1) is 19.5. The molecule has 0 aliphatic carbocycles. The van der Waals surface area contributed by atoms with E-state index in [0.717, 1.165) is 24.3 Å². The van der Waals surface area contributed by atoms with Gasteiger partial charge < -0.3 is 0 Å². The molecule has 11 heteroatoms. The highest BCUT2D eigenvalue weighted by Crippen LogP contribution is 2.32. The lowest BCUT2D eigenvalue weighted by Gasteiger charge is -2.26. The van der Waals surface area contributed by atoms with Crippen LogP contribution in [-0.2, 0) is 15.8 Å². The van der Waals surface area contributed by atoms with Gasteiger partial charge in [0.25, 0.3) is 11.8 Å². The highest BCUT2D eigenvalue weighted by Gasteiger charge is 2.38. The lowest BCUT2D eigenvalue weighted by molar-refractivity contribution is -0.137. The van der Waals surface area contributed by atoms with Gasteiger partial charge in [-0.05, 0) is 30.5 Å². The molecule has 2 heterocycles. The van der Waals surface area contributed by atoms with Crippen LogP contribution < -0.4 is 10.2 Å². The van der Waals surface area contributed by atoms with E-state index >= 15 is 0 Å². The third-order valence-corrected chi connectivity index (χ3v) is 4.25. The van der Waals surface area contributed by atoms with Crippen molar-refractivity contribution in [3.05, 3.63) is 53.4 Å². The zero-order valence-electron chi connectivity index (χ0n) is 14.1. The number of urea groups is 1. The van der Waals surface area contributed by atoms with Crippen LogP contribution in [0.2, 0.25) is 0 Å². The summed E-state index contributed by atoms with van der Waals surface area (Å²) in [5, 5.41) is 2.42. The van der Waals surface area contributed by atoms with Crippen LogP contribution in [0.5, 0.6) is 0 Å². The molecule has 144 valence electrons. The van der Waals surface area contributed by atoms with E-state index in [1.807, 2.05) is 5.32 Å². The van der Waals surface area contributed by atoms with Crippen molar-refractivity contribution in [2.75, 3.05) is 11.2 Å². The van der Waals surface area contributed by atoms with Crippen molar-refractivity contribution in [3.63, 3.8) is 0 Å². The van der Waals surface area contributed by atoms with Crippen molar-refractivity contribution in [3.8, 4) is 0 Å². The average molecular weight is 408 g/mol. The predicted octanol–water partition coefficient (Wildman–Crippen LogP) is 2.88. The molecule has 3 rings (SSSR count). The number of nitrogens with zero attached hydrogens (tertiary/aromatic N) is 3. The van der Waals surface area contributed by atoms with Gasteiger partial charge in [-0.2, -0.15) is 13.2 Å². The Morgan fingerprint density at radius 2 is 1.82 bits per heavy atom. The number of hydrogen-bond acceptors (Lipinski definition) is 6.